The van der Waals surface area contributed by atoms with E-state index in [4.69, 9.17) is 28.0 Å². The number of fused-ring (bicyclic) bond motifs is 1. The Bertz CT molecular complexity index is 2590. The fourth-order valence-corrected chi connectivity index (χ4v) is 10.2. The predicted molar refractivity (Wildman–Crippen MR) is 252 cm³/mol. The third-order valence-corrected chi connectivity index (χ3v) is 13.6. The van der Waals surface area contributed by atoms with Crippen molar-refractivity contribution >= 4 is 31.2 Å². The van der Waals surface area contributed by atoms with E-state index in [1.807, 2.05) is 121 Å². The molecule has 1 aliphatic heterocycles. The highest BCUT2D eigenvalue weighted by molar-refractivity contribution is 7.44. The molecule has 0 bridgehead atoms. The largest absolute Gasteiger partial charge is 0.497 e. The van der Waals surface area contributed by atoms with Crippen LogP contribution < -0.4 is 20.5 Å². The molecule has 15 heteroatoms. The first-order chi connectivity index (χ1) is 31.4. The first kappa shape index (κ1) is 47.1. The molecule has 1 aliphatic rings. The van der Waals surface area contributed by atoms with Crippen LogP contribution in [0, 0.1) is 11.3 Å². The number of aryl methyl sites for hydroxylation is 1. The molecule has 340 valence electrons. The molecule has 0 saturated carbocycles. The zero-order valence-corrected chi connectivity index (χ0v) is 39.0. The topological polar surface area (TPSA) is 151 Å². The number of hydrogen-bond acceptors (Lipinski definition) is 11. The highest BCUT2D eigenvalue weighted by Gasteiger charge is 2.45. The highest BCUT2D eigenvalue weighted by atomic mass is 31.2. The lowest BCUT2D eigenvalue weighted by Gasteiger charge is -2.39. The van der Waals surface area contributed by atoms with Gasteiger partial charge >= 0.3 is 5.69 Å². The average Bonchev–Trinajstić information content (AvgIpc) is 3.85. The standard InChI is InChI=1S/C50H57N6O8P/c1-33(2)56(34(3)4)65(62-27-13-26-51)64-45-30-47(55-31-37-29-44(54(6)48(37)53-49(55)58)36-14-12-17-41(28-36)52-35(5)57)63-46(45)32-61-50(38-15-10-9-11-16-38,39-18-22-42(59-7)23-19-39)40-20-24-43(60-8)25-21-40/h9-12,14-25,28-29,31,33-34,45-47H,13,27,30,32H2,1-8H3,(H,52,57)/t45-,46+,47+,65?/m0/s1. The summed E-state index contributed by atoms with van der Waals surface area (Å²) in [6, 6.07) is 37.4. The molecule has 6 aromatic rings. The molecule has 14 nitrogen and oxygen atoms in total. The molecule has 0 radical (unpaired) electrons. The van der Waals surface area contributed by atoms with Gasteiger partial charge in [-0.3, -0.25) is 9.36 Å². The summed E-state index contributed by atoms with van der Waals surface area (Å²) in [4.78, 5) is 30.5. The lowest BCUT2D eigenvalue weighted by atomic mass is 9.80. The Hall–Kier alpha value is -5.91. The first-order valence-electron chi connectivity index (χ1n) is 21.7. The van der Waals surface area contributed by atoms with Gasteiger partial charge in [0.15, 0.2) is 0 Å². The second-order valence-electron chi connectivity index (χ2n) is 16.4. The van der Waals surface area contributed by atoms with Crippen molar-refractivity contribution in [2.45, 2.75) is 83.6 Å². The van der Waals surface area contributed by atoms with Gasteiger partial charge in [0.2, 0.25) is 5.91 Å². The third-order valence-electron chi connectivity index (χ3n) is 11.4. The van der Waals surface area contributed by atoms with Gasteiger partial charge in [-0.15, -0.1) is 0 Å². The maximum Gasteiger partial charge on any atom is 0.351 e. The molecule has 3 heterocycles. The summed E-state index contributed by atoms with van der Waals surface area (Å²) in [5.41, 5.74) is 3.75. The predicted octanol–water partition coefficient (Wildman–Crippen LogP) is 9.33. The summed E-state index contributed by atoms with van der Waals surface area (Å²) in [6.45, 7) is 10.0. The quantitative estimate of drug-likeness (QED) is 0.0471. The molecule has 65 heavy (non-hydrogen) atoms. The minimum atomic E-state index is -1.71. The zero-order chi connectivity index (χ0) is 46.3. The van der Waals surface area contributed by atoms with Gasteiger partial charge < -0.3 is 37.9 Å². The Morgan fingerprint density at radius 2 is 1.55 bits per heavy atom. The van der Waals surface area contributed by atoms with Crippen LogP contribution in [0.25, 0.3) is 22.3 Å². The third kappa shape index (κ3) is 10.3. The average molecular weight is 901 g/mol. The molecule has 1 amide bonds. The number of aromatic nitrogens is 3. The molecule has 2 aromatic heterocycles. The molecule has 1 N–H and O–H groups in total. The fraction of sp³-hybridized carbons (Fsp3) is 0.360. The van der Waals surface area contributed by atoms with Gasteiger partial charge in [0.25, 0.3) is 8.53 Å². The molecule has 4 atom stereocenters. The molecule has 7 rings (SSSR count). The van der Waals surface area contributed by atoms with Crippen LogP contribution in [0.3, 0.4) is 0 Å². The molecule has 0 aliphatic carbocycles. The Morgan fingerprint density at radius 1 is 0.923 bits per heavy atom. The lowest BCUT2D eigenvalue weighted by Crippen LogP contribution is -2.39. The van der Waals surface area contributed by atoms with Crippen LogP contribution in [0.5, 0.6) is 11.5 Å². The number of ether oxygens (including phenoxy) is 4. The van der Waals surface area contributed by atoms with Crippen LogP contribution in [0.15, 0.2) is 120 Å². The Balaban J connectivity index is 1.31. The maximum atomic E-state index is 14.1. The number of rotatable bonds is 19. The lowest BCUT2D eigenvalue weighted by molar-refractivity contribution is -0.114. The number of methoxy groups -OCH3 is 2. The highest BCUT2D eigenvalue weighted by Crippen LogP contribution is 2.51. The van der Waals surface area contributed by atoms with Crippen molar-refractivity contribution in [1.29, 1.82) is 5.26 Å². The van der Waals surface area contributed by atoms with Gasteiger partial charge in [-0.2, -0.15) is 10.2 Å². The number of nitriles is 1. The smallest absolute Gasteiger partial charge is 0.351 e. The summed E-state index contributed by atoms with van der Waals surface area (Å²) in [5.74, 6) is 1.23. The number of anilines is 1. The molecule has 1 unspecified atom stereocenters. The van der Waals surface area contributed by atoms with E-state index in [1.54, 1.807) is 20.4 Å². The van der Waals surface area contributed by atoms with E-state index in [0.29, 0.717) is 22.8 Å². The summed E-state index contributed by atoms with van der Waals surface area (Å²) in [5, 5.41) is 13.0. The summed E-state index contributed by atoms with van der Waals surface area (Å²) in [7, 11) is 3.42. The van der Waals surface area contributed by atoms with Crippen molar-refractivity contribution in [3.8, 4) is 28.8 Å². The summed E-state index contributed by atoms with van der Waals surface area (Å²) in [6.07, 6.45) is 0.118. The second-order valence-corrected chi connectivity index (χ2v) is 17.8. The van der Waals surface area contributed by atoms with Crippen LogP contribution in [0.2, 0.25) is 0 Å². The minimum Gasteiger partial charge on any atom is -0.497 e. The number of benzene rings is 4. The summed E-state index contributed by atoms with van der Waals surface area (Å²) < 4.78 is 44.4. The van der Waals surface area contributed by atoms with Gasteiger partial charge in [-0.25, -0.2) is 9.46 Å². The van der Waals surface area contributed by atoms with E-state index in [0.717, 1.165) is 33.3 Å². The van der Waals surface area contributed by atoms with Crippen LogP contribution in [0.4, 0.5) is 5.69 Å². The van der Waals surface area contributed by atoms with Crippen LogP contribution in [0.1, 0.15) is 70.4 Å². The number of carbonyl (C=O) groups is 1. The summed E-state index contributed by atoms with van der Waals surface area (Å²) >= 11 is 0. The minimum absolute atomic E-state index is 0.0311. The van der Waals surface area contributed by atoms with Gasteiger partial charge in [0, 0.05) is 55.3 Å². The van der Waals surface area contributed by atoms with Crippen molar-refractivity contribution in [3.63, 3.8) is 0 Å². The Morgan fingerprint density at radius 3 is 2.14 bits per heavy atom. The number of amides is 1. The molecular weight excluding hydrogens is 844 g/mol. The van der Waals surface area contributed by atoms with E-state index in [-0.39, 0.29) is 44.0 Å². The molecule has 0 spiro atoms. The van der Waals surface area contributed by atoms with E-state index in [2.05, 4.69) is 48.7 Å². The van der Waals surface area contributed by atoms with Crippen molar-refractivity contribution in [1.82, 2.24) is 18.8 Å². The Labute approximate surface area is 381 Å². The normalized spacial score (nSPS) is 16.9. The maximum absolute atomic E-state index is 14.1. The number of nitrogens with one attached hydrogen (secondary N) is 1. The number of carbonyl (C=O) groups excluding carboxylic acids is 1. The monoisotopic (exact) mass is 900 g/mol. The van der Waals surface area contributed by atoms with Crippen LogP contribution in [-0.2, 0) is 36.0 Å². The van der Waals surface area contributed by atoms with Crippen molar-refractivity contribution in [3.05, 3.63) is 143 Å². The second kappa shape index (κ2) is 20.9. The van der Waals surface area contributed by atoms with Gasteiger partial charge in [-0.1, -0.05) is 66.7 Å². The number of nitrogens with zero attached hydrogens (tertiary/aromatic N) is 5. The van der Waals surface area contributed by atoms with Gasteiger partial charge in [0.1, 0.15) is 35.1 Å². The van der Waals surface area contributed by atoms with E-state index >= 15 is 0 Å². The van der Waals surface area contributed by atoms with Crippen molar-refractivity contribution in [2.75, 3.05) is 32.8 Å². The van der Waals surface area contributed by atoms with Crippen molar-refractivity contribution < 1.29 is 32.8 Å². The number of hydrogen-bond donors (Lipinski definition) is 1. The van der Waals surface area contributed by atoms with Crippen LogP contribution in [-0.4, -0.2) is 76.4 Å². The van der Waals surface area contributed by atoms with Crippen molar-refractivity contribution in [2.24, 2.45) is 7.05 Å². The Kier molecular flexibility index (Phi) is 15.2. The fourth-order valence-electron chi connectivity index (χ4n) is 8.47. The van der Waals surface area contributed by atoms with E-state index in [1.165, 1.54) is 11.5 Å². The van der Waals surface area contributed by atoms with Gasteiger partial charge in [0.05, 0.1) is 51.7 Å². The van der Waals surface area contributed by atoms with E-state index < -0.39 is 38.3 Å². The van der Waals surface area contributed by atoms with Gasteiger partial charge in [-0.05, 0) is 86.8 Å². The molecular formula is C50H57N6O8P. The van der Waals surface area contributed by atoms with E-state index in [9.17, 15) is 14.9 Å². The van der Waals surface area contributed by atoms with Crippen LogP contribution >= 0.6 is 8.53 Å². The zero-order valence-electron chi connectivity index (χ0n) is 38.1. The first-order valence-corrected chi connectivity index (χ1v) is 22.9. The SMILES string of the molecule is COc1ccc(C(OC[C@H]2O[C@@H](n3cc4cc(-c5cccc(NC(C)=O)c5)n(C)c4nc3=O)C[C@@H]2OP(OCCC#N)N(C(C)C)C(C)C)(c2ccccc2)c2ccc(OC)cc2)cc1. The molecule has 1 fully saturated rings. The molecule has 1 saturated heterocycles. The molecule has 4 aromatic carbocycles.